The number of para-hydroxylation sites is 1. The quantitative estimate of drug-likeness (QED) is 0.222. The van der Waals surface area contributed by atoms with Crippen LogP contribution >= 0.6 is 11.3 Å². The summed E-state index contributed by atoms with van der Waals surface area (Å²) in [5.74, 6) is 0.177. The fourth-order valence-electron chi connectivity index (χ4n) is 5.31. The van der Waals surface area contributed by atoms with Gasteiger partial charge >= 0.3 is 6.09 Å². The molecule has 0 unspecified atom stereocenters. The van der Waals surface area contributed by atoms with Gasteiger partial charge < -0.3 is 29.4 Å². The lowest BCUT2D eigenvalue weighted by Gasteiger charge is -2.27. The van der Waals surface area contributed by atoms with Crippen LogP contribution in [0.2, 0.25) is 0 Å². The molecule has 10 heteroatoms. The van der Waals surface area contributed by atoms with Gasteiger partial charge in [-0.05, 0) is 58.9 Å². The largest absolute Gasteiger partial charge is 0.444 e. The van der Waals surface area contributed by atoms with Gasteiger partial charge in [-0.2, -0.15) is 0 Å². The normalized spacial score (nSPS) is 14.2. The molecule has 1 aliphatic rings. The van der Waals surface area contributed by atoms with Crippen molar-refractivity contribution >= 4 is 66.1 Å². The molecule has 0 spiro atoms. The van der Waals surface area contributed by atoms with E-state index < -0.39 is 17.2 Å². The maximum absolute atomic E-state index is 13.2. The van der Waals surface area contributed by atoms with Crippen molar-refractivity contribution < 1.29 is 23.5 Å². The first-order valence-corrected chi connectivity index (χ1v) is 15.4. The predicted octanol–water partition coefficient (Wildman–Crippen LogP) is 6.91. The van der Waals surface area contributed by atoms with E-state index in [0.29, 0.717) is 48.8 Å². The summed E-state index contributed by atoms with van der Waals surface area (Å²) >= 11 is 1.64. The van der Waals surface area contributed by atoms with Crippen molar-refractivity contribution in [2.75, 3.05) is 36.5 Å². The first-order chi connectivity index (χ1) is 20.9. The minimum Gasteiger partial charge on any atom is -0.444 e. The number of carbonyl (C=O) groups excluding carboxylic acids is 2. The Morgan fingerprint density at radius 2 is 1.59 bits per heavy atom. The van der Waals surface area contributed by atoms with Crippen LogP contribution in [0.25, 0.3) is 42.3 Å². The Hall–Kier alpha value is -4.41. The Labute approximate surface area is 258 Å². The summed E-state index contributed by atoms with van der Waals surface area (Å²) in [6, 6.07) is 19.1. The molecule has 0 bridgehead atoms. The SMILES string of the molecule is CC(C)(C)OC(=O)NC(C)(C)C(=O)Nc1ccc2sc3c(-c4cccc5c(=O)cc(N6CCOCC6)oc45)cccc3c2c1. The van der Waals surface area contributed by atoms with Crippen LogP contribution in [0.5, 0.6) is 0 Å². The molecule has 2 aromatic heterocycles. The molecule has 2 N–H and O–H groups in total. The lowest BCUT2D eigenvalue weighted by Crippen LogP contribution is -2.53. The van der Waals surface area contributed by atoms with E-state index >= 15 is 0 Å². The number of morpholine rings is 1. The molecule has 1 fully saturated rings. The van der Waals surface area contributed by atoms with Crippen molar-refractivity contribution in [3.63, 3.8) is 0 Å². The summed E-state index contributed by atoms with van der Waals surface area (Å²) in [4.78, 5) is 40.7. The van der Waals surface area contributed by atoms with Gasteiger partial charge in [0.05, 0.1) is 18.6 Å². The zero-order chi connectivity index (χ0) is 31.2. The lowest BCUT2D eigenvalue weighted by molar-refractivity contribution is -0.121. The van der Waals surface area contributed by atoms with E-state index in [1.54, 1.807) is 58.1 Å². The maximum Gasteiger partial charge on any atom is 0.408 e. The van der Waals surface area contributed by atoms with Gasteiger partial charge in [0.1, 0.15) is 16.7 Å². The van der Waals surface area contributed by atoms with Crippen molar-refractivity contribution in [3.05, 3.63) is 70.9 Å². The van der Waals surface area contributed by atoms with Crippen LogP contribution in [-0.2, 0) is 14.3 Å². The van der Waals surface area contributed by atoms with Crippen LogP contribution in [-0.4, -0.2) is 49.4 Å². The van der Waals surface area contributed by atoms with Gasteiger partial charge in [0, 0.05) is 56.1 Å². The Balaban J connectivity index is 1.36. The van der Waals surface area contributed by atoms with E-state index in [9.17, 15) is 14.4 Å². The van der Waals surface area contributed by atoms with Gasteiger partial charge in [-0.15, -0.1) is 11.3 Å². The zero-order valence-electron chi connectivity index (χ0n) is 25.4. The molecule has 5 aromatic rings. The molecule has 228 valence electrons. The highest BCUT2D eigenvalue weighted by molar-refractivity contribution is 7.26. The second-order valence-electron chi connectivity index (χ2n) is 12.4. The molecule has 3 heterocycles. The fourth-order valence-corrected chi connectivity index (χ4v) is 6.52. The molecule has 1 aliphatic heterocycles. The standard InChI is InChI=1S/C34H35N3O6S/c1-33(2,3)43-32(40)36-34(4,5)31(39)35-20-12-13-27-25(18-20)23-10-7-9-22(30(23)44-27)21-8-6-11-24-26(38)19-28(42-29(21)24)37-14-16-41-17-15-37/h6-13,18-19H,14-17H2,1-5H3,(H,35,39)(H,36,40). The molecule has 6 rings (SSSR count). The van der Waals surface area contributed by atoms with Crippen molar-refractivity contribution in [1.29, 1.82) is 0 Å². The highest BCUT2D eigenvalue weighted by Gasteiger charge is 2.32. The number of fused-ring (bicyclic) bond motifs is 4. The summed E-state index contributed by atoms with van der Waals surface area (Å²) in [7, 11) is 0. The summed E-state index contributed by atoms with van der Waals surface area (Å²) in [5.41, 5.74) is 1.00. The molecule has 0 aliphatic carbocycles. The number of benzene rings is 3. The molecule has 0 atom stereocenters. The fraction of sp³-hybridized carbons (Fsp3) is 0.324. The molecule has 3 aromatic carbocycles. The number of carbonyl (C=O) groups is 2. The number of nitrogens with zero attached hydrogens (tertiary/aromatic N) is 1. The van der Waals surface area contributed by atoms with Crippen LogP contribution < -0.4 is 21.0 Å². The van der Waals surface area contributed by atoms with E-state index in [-0.39, 0.29) is 11.3 Å². The van der Waals surface area contributed by atoms with Crippen LogP contribution in [0.3, 0.4) is 0 Å². The number of hydrogen-bond acceptors (Lipinski definition) is 8. The number of rotatable bonds is 5. The monoisotopic (exact) mass is 613 g/mol. The Bertz CT molecular complexity index is 1960. The topological polar surface area (TPSA) is 110 Å². The van der Waals surface area contributed by atoms with Gasteiger partial charge in [0.15, 0.2) is 11.3 Å². The van der Waals surface area contributed by atoms with Gasteiger partial charge in [-0.25, -0.2) is 4.79 Å². The van der Waals surface area contributed by atoms with Crippen molar-refractivity contribution in [2.24, 2.45) is 0 Å². The van der Waals surface area contributed by atoms with Gasteiger partial charge in [-0.1, -0.05) is 30.3 Å². The molecule has 44 heavy (non-hydrogen) atoms. The number of hydrogen-bond donors (Lipinski definition) is 2. The summed E-state index contributed by atoms with van der Waals surface area (Å²) in [6.45, 7) is 11.1. The Kier molecular flexibility index (Phi) is 7.59. The maximum atomic E-state index is 13.2. The first-order valence-electron chi connectivity index (χ1n) is 14.6. The van der Waals surface area contributed by atoms with Crippen LogP contribution in [0, 0.1) is 0 Å². The van der Waals surface area contributed by atoms with E-state index in [1.165, 1.54) is 0 Å². The average Bonchev–Trinajstić information content (AvgIpc) is 3.34. The van der Waals surface area contributed by atoms with Crippen LogP contribution in [0.1, 0.15) is 34.6 Å². The predicted molar refractivity (Wildman–Crippen MR) is 176 cm³/mol. The van der Waals surface area contributed by atoms with Crippen molar-refractivity contribution in [3.8, 4) is 11.1 Å². The molecule has 2 amide bonds. The van der Waals surface area contributed by atoms with Crippen LogP contribution in [0.4, 0.5) is 16.4 Å². The summed E-state index contributed by atoms with van der Waals surface area (Å²) < 4.78 is 19.3. The van der Waals surface area contributed by atoms with E-state index in [4.69, 9.17) is 13.9 Å². The molecule has 1 saturated heterocycles. The highest BCUT2D eigenvalue weighted by Crippen LogP contribution is 2.42. The third-order valence-electron chi connectivity index (χ3n) is 7.49. The Morgan fingerprint density at radius 1 is 0.886 bits per heavy atom. The number of thiophene rings is 1. The molecule has 9 nitrogen and oxygen atoms in total. The number of anilines is 2. The van der Waals surface area contributed by atoms with Gasteiger partial charge in [0.2, 0.25) is 5.91 Å². The van der Waals surface area contributed by atoms with E-state index in [1.807, 2.05) is 47.4 Å². The minimum absolute atomic E-state index is 0.0810. The van der Waals surface area contributed by atoms with Crippen molar-refractivity contribution in [1.82, 2.24) is 5.32 Å². The summed E-state index contributed by atoms with van der Waals surface area (Å²) in [6.07, 6.45) is -0.661. The molecular weight excluding hydrogens is 578 g/mol. The number of ether oxygens (including phenoxy) is 2. The summed E-state index contributed by atoms with van der Waals surface area (Å²) in [5, 5.41) is 8.13. The number of alkyl carbamates (subject to hydrolysis) is 1. The Morgan fingerprint density at radius 3 is 2.32 bits per heavy atom. The molecular formula is C34H35N3O6S. The first kappa shape index (κ1) is 29.7. The molecule has 0 saturated carbocycles. The third kappa shape index (κ3) is 5.87. The minimum atomic E-state index is -1.21. The van der Waals surface area contributed by atoms with E-state index in [0.717, 1.165) is 31.3 Å². The number of amides is 2. The van der Waals surface area contributed by atoms with Crippen LogP contribution in [0.15, 0.2) is 69.9 Å². The lowest BCUT2D eigenvalue weighted by atomic mass is 10.00. The van der Waals surface area contributed by atoms with Crippen molar-refractivity contribution in [2.45, 2.75) is 45.8 Å². The zero-order valence-corrected chi connectivity index (χ0v) is 26.2. The highest BCUT2D eigenvalue weighted by atomic mass is 32.1. The van der Waals surface area contributed by atoms with Gasteiger partial charge in [0.25, 0.3) is 0 Å². The van der Waals surface area contributed by atoms with E-state index in [2.05, 4.69) is 16.7 Å². The second kappa shape index (κ2) is 11.3. The van der Waals surface area contributed by atoms with Gasteiger partial charge in [-0.3, -0.25) is 9.59 Å². The number of nitrogens with one attached hydrogen (secondary N) is 2. The smallest absolute Gasteiger partial charge is 0.408 e. The third-order valence-corrected chi connectivity index (χ3v) is 8.71. The second-order valence-corrected chi connectivity index (χ2v) is 13.5. The average molecular weight is 614 g/mol. The molecule has 0 radical (unpaired) electrons.